The topological polar surface area (TPSA) is 61.2 Å². The third-order valence-electron chi connectivity index (χ3n) is 4.85. The number of hydrazone groups is 1. The van der Waals surface area contributed by atoms with Crippen LogP contribution in [0.2, 0.25) is 10.0 Å². The van der Waals surface area contributed by atoms with Gasteiger partial charge in [0.1, 0.15) is 0 Å². The number of carbonyl (C=O) groups is 2. The van der Waals surface area contributed by atoms with Crippen LogP contribution in [-0.2, 0) is 4.79 Å². The highest BCUT2D eigenvalue weighted by Gasteiger charge is 2.47. The van der Waals surface area contributed by atoms with Gasteiger partial charge in [0.2, 0.25) is 12.3 Å². The summed E-state index contributed by atoms with van der Waals surface area (Å²) in [5.74, 6) is -0.642. The lowest BCUT2D eigenvalue weighted by Gasteiger charge is -2.15. The maximum Gasteiger partial charge on any atom is 0.304 e. The Bertz CT molecular complexity index is 1110. The van der Waals surface area contributed by atoms with Crippen LogP contribution < -0.4 is 10.7 Å². The molecule has 0 aliphatic carbocycles. The van der Waals surface area contributed by atoms with E-state index < -0.39 is 12.1 Å². The van der Waals surface area contributed by atoms with Gasteiger partial charge in [0.05, 0.1) is 10.6 Å². The summed E-state index contributed by atoms with van der Waals surface area (Å²) in [6.45, 7) is 0. The van der Waals surface area contributed by atoms with Crippen molar-refractivity contribution in [2.75, 3.05) is 0 Å². The summed E-state index contributed by atoms with van der Waals surface area (Å²) < 4.78 is 1.67. The summed E-state index contributed by atoms with van der Waals surface area (Å²) in [5, 5.41) is 4.00. The molecule has 0 spiro atoms. The quantitative estimate of drug-likeness (QED) is 0.604. The fourth-order valence-electron chi connectivity index (χ4n) is 3.38. The van der Waals surface area contributed by atoms with E-state index in [1.165, 1.54) is 0 Å². The van der Waals surface area contributed by atoms with Crippen molar-refractivity contribution in [3.8, 4) is 0 Å². The Morgan fingerprint density at radius 1 is 0.933 bits per heavy atom. The average molecular weight is 439 g/mol. The first-order valence-corrected chi connectivity index (χ1v) is 10.1. The van der Waals surface area contributed by atoms with Crippen molar-refractivity contribution in [3.05, 3.63) is 106 Å². The second kappa shape index (κ2) is 8.69. The third-order valence-corrected chi connectivity index (χ3v) is 5.45. The second-order valence-corrected chi connectivity index (χ2v) is 7.69. The number of rotatable bonds is 4. The van der Waals surface area contributed by atoms with Gasteiger partial charge in [-0.1, -0.05) is 65.7 Å². The van der Waals surface area contributed by atoms with Crippen LogP contribution >= 0.6 is 23.2 Å². The van der Waals surface area contributed by atoms with E-state index in [1.807, 2.05) is 36.4 Å². The Labute approximate surface area is 183 Å². The van der Waals surface area contributed by atoms with Gasteiger partial charge >= 0.3 is 5.91 Å². The number of nitrogens with zero attached hydrogens (tertiary/aromatic N) is 1. The van der Waals surface area contributed by atoms with Gasteiger partial charge in [-0.15, -0.1) is 10.1 Å². The zero-order valence-electron chi connectivity index (χ0n) is 15.8. The zero-order chi connectivity index (χ0) is 21.1. The summed E-state index contributed by atoms with van der Waals surface area (Å²) in [6, 6.07) is 22.0. The van der Waals surface area contributed by atoms with Crippen molar-refractivity contribution in [1.29, 1.82) is 0 Å². The number of nitrogens with one attached hydrogen (secondary N) is 2. The molecule has 2 atom stereocenters. The first-order chi connectivity index (χ1) is 14.5. The molecule has 30 heavy (non-hydrogen) atoms. The predicted octanol–water partition coefficient (Wildman–Crippen LogP) is 4.01. The molecule has 0 unspecified atom stereocenters. The SMILES string of the molecule is O=C(N[C@@H]1C(=O)N/[N+](=C\c2ccccc2Cl)[C@@H]1c1ccc(Cl)cc1)c1ccccc1. The van der Waals surface area contributed by atoms with Crippen molar-refractivity contribution in [2.24, 2.45) is 0 Å². The lowest BCUT2D eigenvalue weighted by Crippen LogP contribution is -2.42. The standard InChI is InChI=1S/C23H17Cl2N3O2/c24-18-12-10-15(11-13-18)21-20(26-22(29)16-6-2-1-3-7-16)23(30)27-28(21)14-17-8-4-5-9-19(17)25/h1-14,20-21H,(H-,26,27,29,30)/p+1/b28-14-/t20-,21+/m0/s1. The van der Waals surface area contributed by atoms with Gasteiger partial charge in [-0.2, -0.15) is 0 Å². The zero-order valence-corrected chi connectivity index (χ0v) is 17.3. The van der Waals surface area contributed by atoms with E-state index in [2.05, 4.69) is 10.7 Å². The normalized spacial score (nSPS) is 19.5. The highest BCUT2D eigenvalue weighted by molar-refractivity contribution is 6.33. The van der Waals surface area contributed by atoms with Gasteiger partial charge in [0, 0.05) is 16.1 Å². The lowest BCUT2D eigenvalue weighted by molar-refractivity contribution is -0.596. The van der Waals surface area contributed by atoms with Gasteiger partial charge in [0.15, 0.2) is 6.04 Å². The van der Waals surface area contributed by atoms with Gasteiger partial charge in [-0.3, -0.25) is 9.59 Å². The average Bonchev–Trinajstić information content (AvgIpc) is 3.05. The number of carbonyl (C=O) groups excluding carboxylic acids is 2. The molecule has 150 valence electrons. The largest absolute Gasteiger partial charge is 0.334 e. The number of hydrogen-bond donors (Lipinski definition) is 2. The molecule has 4 rings (SSSR count). The van der Waals surface area contributed by atoms with E-state index in [1.54, 1.807) is 53.4 Å². The molecule has 1 fully saturated rings. The van der Waals surface area contributed by atoms with Crippen LogP contribution in [0.15, 0.2) is 78.9 Å². The Balaban J connectivity index is 1.73. The molecular weight excluding hydrogens is 421 g/mol. The third kappa shape index (κ3) is 4.22. The molecule has 0 saturated carbocycles. The maximum atomic E-state index is 12.8. The van der Waals surface area contributed by atoms with Crippen LogP contribution in [0.4, 0.5) is 0 Å². The molecule has 1 aliphatic rings. The highest BCUT2D eigenvalue weighted by Crippen LogP contribution is 2.27. The lowest BCUT2D eigenvalue weighted by atomic mass is 10.00. The van der Waals surface area contributed by atoms with Crippen molar-refractivity contribution in [2.45, 2.75) is 12.1 Å². The van der Waals surface area contributed by atoms with E-state index in [4.69, 9.17) is 23.2 Å². The molecule has 2 N–H and O–H groups in total. The van der Waals surface area contributed by atoms with E-state index in [-0.39, 0.29) is 11.8 Å². The van der Waals surface area contributed by atoms with E-state index >= 15 is 0 Å². The molecule has 1 heterocycles. The molecule has 1 saturated heterocycles. The Hall–Kier alpha value is -3.15. The van der Waals surface area contributed by atoms with E-state index in [0.29, 0.717) is 15.6 Å². The molecule has 3 aromatic carbocycles. The van der Waals surface area contributed by atoms with Crippen molar-refractivity contribution in [1.82, 2.24) is 10.7 Å². The van der Waals surface area contributed by atoms with Crippen LogP contribution in [0.1, 0.15) is 27.5 Å². The summed E-state index contributed by atoms with van der Waals surface area (Å²) in [5.41, 5.74) is 4.88. The Morgan fingerprint density at radius 3 is 2.30 bits per heavy atom. The smallest absolute Gasteiger partial charge is 0.304 e. The molecule has 2 amide bonds. The van der Waals surface area contributed by atoms with Crippen molar-refractivity contribution < 1.29 is 14.3 Å². The fraction of sp³-hybridized carbons (Fsp3) is 0.0870. The Morgan fingerprint density at radius 2 is 1.60 bits per heavy atom. The second-order valence-electron chi connectivity index (χ2n) is 6.85. The van der Waals surface area contributed by atoms with Crippen LogP contribution in [0.3, 0.4) is 0 Å². The fourth-order valence-corrected chi connectivity index (χ4v) is 3.69. The summed E-state index contributed by atoms with van der Waals surface area (Å²) in [7, 11) is 0. The molecule has 0 aromatic heterocycles. The molecule has 3 aromatic rings. The minimum absolute atomic E-state index is 0.317. The monoisotopic (exact) mass is 438 g/mol. The minimum atomic E-state index is -0.808. The summed E-state index contributed by atoms with van der Waals surface area (Å²) >= 11 is 12.3. The van der Waals surface area contributed by atoms with E-state index in [0.717, 1.165) is 11.1 Å². The van der Waals surface area contributed by atoms with Gasteiger partial charge < -0.3 is 5.32 Å². The molecule has 7 heteroatoms. The number of halogens is 2. The first-order valence-electron chi connectivity index (χ1n) is 9.32. The summed E-state index contributed by atoms with van der Waals surface area (Å²) in [4.78, 5) is 25.6. The molecule has 1 aliphatic heterocycles. The van der Waals surface area contributed by atoms with Crippen molar-refractivity contribution in [3.63, 3.8) is 0 Å². The number of hydrazine groups is 1. The molecule has 0 radical (unpaired) electrons. The minimum Gasteiger partial charge on any atom is -0.334 e. The van der Waals surface area contributed by atoms with Gasteiger partial charge in [-0.05, 0) is 36.4 Å². The highest BCUT2D eigenvalue weighted by atomic mass is 35.5. The first kappa shape index (κ1) is 20.1. The Kier molecular flexibility index (Phi) is 5.84. The van der Waals surface area contributed by atoms with Gasteiger partial charge in [0.25, 0.3) is 5.91 Å². The summed E-state index contributed by atoms with van der Waals surface area (Å²) in [6.07, 6.45) is 1.76. The maximum absolute atomic E-state index is 12.8. The van der Waals surface area contributed by atoms with Crippen molar-refractivity contribution >= 4 is 41.2 Å². The van der Waals surface area contributed by atoms with E-state index in [9.17, 15) is 9.59 Å². The molecule has 0 bridgehead atoms. The predicted molar refractivity (Wildman–Crippen MR) is 117 cm³/mol. The number of amides is 2. The molecule has 5 nitrogen and oxygen atoms in total. The van der Waals surface area contributed by atoms with Gasteiger partial charge in [-0.25, -0.2) is 0 Å². The number of hydrogen-bond acceptors (Lipinski definition) is 2. The van der Waals surface area contributed by atoms with Crippen LogP contribution in [0, 0.1) is 0 Å². The number of benzene rings is 3. The molecular formula is C23H18Cl2N3O2+. The van der Waals surface area contributed by atoms with Crippen LogP contribution in [-0.4, -0.2) is 28.8 Å². The van der Waals surface area contributed by atoms with Crippen LogP contribution in [0.25, 0.3) is 0 Å². The van der Waals surface area contributed by atoms with Crippen LogP contribution in [0.5, 0.6) is 0 Å².